The monoisotopic (exact) mass is 345 g/mol. The predicted molar refractivity (Wildman–Crippen MR) is 101 cm³/mol. The van der Waals surface area contributed by atoms with E-state index in [9.17, 15) is 4.79 Å². The van der Waals surface area contributed by atoms with Crippen LogP contribution in [-0.2, 0) is 4.79 Å². The van der Waals surface area contributed by atoms with Crippen molar-refractivity contribution in [3.63, 3.8) is 0 Å². The molecule has 1 saturated heterocycles. The Morgan fingerprint density at radius 3 is 2.56 bits per heavy atom. The lowest BCUT2D eigenvalue weighted by Crippen LogP contribution is -2.47. The Bertz CT molecular complexity index is 550. The van der Waals surface area contributed by atoms with Gasteiger partial charge in [0.1, 0.15) is 5.75 Å². The number of rotatable bonds is 6. The van der Waals surface area contributed by atoms with Crippen molar-refractivity contribution < 1.29 is 9.53 Å². The van der Waals surface area contributed by atoms with Gasteiger partial charge in [-0.2, -0.15) is 0 Å². The number of piperazine rings is 1. The molecule has 1 aromatic carbocycles. The summed E-state index contributed by atoms with van der Waals surface area (Å²) in [6.07, 6.45) is 6.77. The Labute approximate surface area is 151 Å². The van der Waals surface area contributed by atoms with Crippen LogP contribution >= 0.6 is 0 Å². The zero-order chi connectivity index (χ0) is 17.5. The second kappa shape index (κ2) is 9.09. The number of carbonyl (C=O) groups is 1. The molecule has 0 bridgehead atoms. The minimum absolute atomic E-state index is 0.221. The van der Waals surface area contributed by atoms with Gasteiger partial charge in [-0.05, 0) is 25.0 Å². The molecule has 0 unspecified atom stereocenters. The molecule has 1 heterocycles. The van der Waals surface area contributed by atoms with Crippen LogP contribution in [0.25, 0.3) is 0 Å². The van der Waals surface area contributed by atoms with Gasteiger partial charge in [0.15, 0.2) is 0 Å². The third-order valence-electron chi connectivity index (χ3n) is 5.42. The maximum Gasteiger partial charge on any atom is 0.221 e. The molecule has 0 radical (unpaired) electrons. The van der Waals surface area contributed by atoms with Gasteiger partial charge in [0.25, 0.3) is 0 Å². The van der Waals surface area contributed by atoms with Crippen LogP contribution in [0.2, 0.25) is 0 Å². The topological polar surface area (TPSA) is 44.8 Å². The van der Waals surface area contributed by atoms with Crippen molar-refractivity contribution >= 4 is 11.6 Å². The second-order valence-electron chi connectivity index (χ2n) is 7.15. The fraction of sp³-hybridized carbons (Fsp3) is 0.650. The first-order valence-electron chi connectivity index (χ1n) is 9.66. The van der Waals surface area contributed by atoms with E-state index in [-0.39, 0.29) is 5.91 Å². The van der Waals surface area contributed by atoms with Gasteiger partial charge in [0.05, 0.1) is 12.8 Å². The maximum absolute atomic E-state index is 12.2. The zero-order valence-electron chi connectivity index (χ0n) is 15.4. The van der Waals surface area contributed by atoms with E-state index in [1.807, 2.05) is 12.1 Å². The smallest absolute Gasteiger partial charge is 0.221 e. The average molecular weight is 345 g/mol. The summed E-state index contributed by atoms with van der Waals surface area (Å²) >= 11 is 0. The Morgan fingerprint density at radius 1 is 1.12 bits per heavy atom. The molecule has 2 aliphatic rings. The summed E-state index contributed by atoms with van der Waals surface area (Å²) in [7, 11) is 1.72. The summed E-state index contributed by atoms with van der Waals surface area (Å²) in [5.41, 5.74) is 1.17. The van der Waals surface area contributed by atoms with Crippen molar-refractivity contribution in [2.24, 2.45) is 0 Å². The van der Waals surface area contributed by atoms with Crippen molar-refractivity contribution in [2.45, 2.75) is 44.6 Å². The molecule has 3 rings (SSSR count). The Balaban J connectivity index is 1.39. The molecule has 0 atom stereocenters. The summed E-state index contributed by atoms with van der Waals surface area (Å²) in [5, 5.41) is 3.22. The Morgan fingerprint density at radius 2 is 1.84 bits per heavy atom. The van der Waals surface area contributed by atoms with Gasteiger partial charge in [0.2, 0.25) is 5.91 Å². The lowest BCUT2D eigenvalue weighted by atomic mass is 9.95. The van der Waals surface area contributed by atoms with Gasteiger partial charge in [-0.15, -0.1) is 0 Å². The summed E-state index contributed by atoms with van der Waals surface area (Å²) in [6, 6.07) is 8.61. The number of amides is 1. The number of benzene rings is 1. The highest BCUT2D eigenvalue weighted by Crippen LogP contribution is 2.28. The minimum atomic E-state index is 0.221. The van der Waals surface area contributed by atoms with Gasteiger partial charge in [-0.25, -0.2) is 0 Å². The molecule has 1 aliphatic heterocycles. The number of nitrogens with one attached hydrogen (secondary N) is 1. The Kier molecular flexibility index (Phi) is 6.56. The van der Waals surface area contributed by atoms with Crippen LogP contribution in [0.4, 0.5) is 5.69 Å². The highest BCUT2D eigenvalue weighted by molar-refractivity contribution is 5.76. The summed E-state index contributed by atoms with van der Waals surface area (Å²) in [6.45, 7) is 4.80. The normalized spacial score (nSPS) is 19.6. The van der Waals surface area contributed by atoms with Crippen LogP contribution in [0.1, 0.15) is 38.5 Å². The van der Waals surface area contributed by atoms with E-state index in [1.54, 1.807) is 7.11 Å². The first-order chi connectivity index (χ1) is 12.3. The van der Waals surface area contributed by atoms with E-state index in [0.717, 1.165) is 51.3 Å². The van der Waals surface area contributed by atoms with Crippen LogP contribution in [0, 0.1) is 0 Å². The van der Waals surface area contributed by atoms with Crippen molar-refractivity contribution in [2.75, 3.05) is 44.7 Å². The number of nitrogens with zero attached hydrogens (tertiary/aromatic N) is 2. The van der Waals surface area contributed by atoms with E-state index in [2.05, 4.69) is 27.2 Å². The average Bonchev–Trinajstić information content (AvgIpc) is 2.67. The number of hydrogen-bond donors (Lipinski definition) is 1. The fourth-order valence-corrected chi connectivity index (χ4v) is 3.91. The predicted octanol–water partition coefficient (Wildman–Crippen LogP) is 2.66. The molecule has 2 fully saturated rings. The van der Waals surface area contributed by atoms with Gasteiger partial charge < -0.3 is 15.0 Å². The van der Waals surface area contributed by atoms with E-state index in [4.69, 9.17) is 4.74 Å². The highest BCUT2D eigenvalue weighted by atomic mass is 16.5. The zero-order valence-corrected chi connectivity index (χ0v) is 15.4. The van der Waals surface area contributed by atoms with E-state index >= 15 is 0 Å². The van der Waals surface area contributed by atoms with Gasteiger partial charge in [-0.1, -0.05) is 31.4 Å². The lowest BCUT2D eigenvalue weighted by molar-refractivity contribution is -0.122. The molecule has 0 aromatic heterocycles. The molecule has 1 amide bonds. The Hall–Kier alpha value is -1.75. The molecule has 25 heavy (non-hydrogen) atoms. The summed E-state index contributed by atoms with van der Waals surface area (Å²) in [4.78, 5) is 16.9. The van der Waals surface area contributed by atoms with Crippen LogP contribution < -0.4 is 15.0 Å². The van der Waals surface area contributed by atoms with Crippen LogP contribution in [-0.4, -0.2) is 56.7 Å². The van der Waals surface area contributed by atoms with Crippen molar-refractivity contribution in [3.8, 4) is 5.75 Å². The van der Waals surface area contributed by atoms with Crippen LogP contribution in [0.15, 0.2) is 24.3 Å². The van der Waals surface area contributed by atoms with E-state index in [1.165, 1.54) is 24.9 Å². The number of para-hydroxylation sites is 2. The molecule has 1 N–H and O–H groups in total. The quantitative estimate of drug-likeness (QED) is 0.861. The first kappa shape index (κ1) is 18.1. The van der Waals surface area contributed by atoms with Gasteiger partial charge in [0, 0.05) is 45.2 Å². The SMILES string of the molecule is COc1ccccc1N1CCN(CCC(=O)NC2CCCCC2)CC1. The standard InChI is InChI=1S/C20H31N3O2/c1-25-19-10-6-5-9-18(19)23-15-13-22(14-16-23)12-11-20(24)21-17-7-3-2-4-8-17/h5-6,9-10,17H,2-4,7-8,11-16H2,1H3,(H,21,24). The molecular weight excluding hydrogens is 314 g/mol. The van der Waals surface area contributed by atoms with Gasteiger partial charge in [-0.3, -0.25) is 9.69 Å². The molecule has 5 nitrogen and oxygen atoms in total. The lowest BCUT2D eigenvalue weighted by Gasteiger charge is -2.36. The third-order valence-corrected chi connectivity index (χ3v) is 5.42. The molecule has 5 heteroatoms. The summed E-state index contributed by atoms with van der Waals surface area (Å²) < 4.78 is 5.47. The number of carbonyl (C=O) groups excluding carboxylic acids is 1. The number of anilines is 1. The molecular formula is C20H31N3O2. The van der Waals surface area contributed by atoms with Crippen molar-refractivity contribution in [1.29, 1.82) is 0 Å². The van der Waals surface area contributed by atoms with E-state index in [0.29, 0.717) is 12.5 Å². The molecule has 138 valence electrons. The molecule has 1 aromatic rings. The maximum atomic E-state index is 12.2. The van der Waals surface area contributed by atoms with Crippen molar-refractivity contribution in [3.05, 3.63) is 24.3 Å². The number of hydrogen-bond acceptors (Lipinski definition) is 4. The number of ether oxygens (including phenoxy) is 1. The fourth-order valence-electron chi connectivity index (χ4n) is 3.91. The van der Waals surface area contributed by atoms with E-state index < -0.39 is 0 Å². The second-order valence-corrected chi connectivity index (χ2v) is 7.15. The van der Waals surface area contributed by atoms with Gasteiger partial charge >= 0.3 is 0 Å². The number of methoxy groups -OCH3 is 1. The summed E-state index contributed by atoms with van der Waals surface area (Å²) in [5.74, 6) is 1.15. The molecule has 1 aliphatic carbocycles. The largest absolute Gasteiger partial charge is 0.495 e. The van der Waals surface area contributed by atoms with Crippen molar-refractivity contribution in [1.82, 2.24) is 10.2 Å². The van der Waals surface area contributed by atoms with Crippen LogP contribution in [0.5, 0.6) is 5.75 Å². The molecule has 1 saturated carbocycles. The highest BCUT2D eigenvalue weighted by Gasteiger charge is 2.21. The van der Waals surface area contributed by atoms with Crippen LogP contribution in [0.3, 0.4) is 0 Å². The molecule has 0 spiro atoms. The third kappa shape index (κ3) is 5.11. The minimum Gasteiger partial charge on any atom is -0.495 e. The first-order valence-corrected chi connectivity index (χ1v) is 9.66.